The predicted molar refractivity (Wildman–Crippen MR) is 251 cm³/mol. The largest absolute Gasteiger partial charge is 0.348 e. The molecule has 2 atom stereocenters. The van der Waals surface area contributed by atoms with E-state index in [4.69, 9.17) is 0 Å². The van der Waals surface area contributed by atoms with E-state index >= 15 is 9.59 Å². The molecule has 0 unspecified atom stereocenters. The summed E-state index contributed by atoms with van der Waals surface area (Å²) >= 11 is 0. The normalized spacial score (nSPS) is 17.5. The molecule has 3 aliphatic rings. The predicted octanol–water partition coefficient (Wildman–Crippen LogP) is 9.48. The van der Waals surface area contributed by atoms with E-state index in [0.717, 1.165) is 16.2 Å². The first-order chi connectivity index (χ1) is 29.7. The van der Waals surface area contributed by atoms with Crippen molar-refractivity contribution in [2.45, 2.75) is 24.3 Å². The summed E-state index contributed by atoms with van der Waals surface area (Å²) in [4.78, 5) is 30.4. The average Bonchev–Trinajstić information content (AvgIpc) is 3.31. The Kier molecular flexibility index (Phi) is 10.6. The third-order valence-corrected chi connectivity index (χ3v) is 17.2. The molecular formula is C55H43NO2P2. The van der Waals surface area contributed by atoms with Gasteiger partial charge in [0.25, 0.3) is 5.91 Å². The molecule has 0 aromatic heterocycles. The minimum absolute atomic E-state index is 0.0606. The fourth-order valence-corrected chi connectivity index (χ4v) is 14.6. The Labute approximate surface area is 354 Å². The van der Waals surface area contributed by atoms with E-state index in [-0.39, 0.29) is 35.5 Å². The number of Topliss-reactive ketones (excluding diaryl/α,β-unsaturated/α-hetero) is 1. The van der Waals surface area contributed by atoms with Gasteiger partial charge < -0.3 is 5.32 Å². The van der Waals surface area contributed by atoms with Crippen molar-refractivity contribution in [2.75, 3.05) is 0 Å². The molecule has 60 heavy (non-hydrogen) atoms. The number of nitrogens with one attached hydrogen (secondary N) is 1. The van der Waals surface area contributed by atoms with Gasteiger partial charge in [-0.25, -0.2) is 0 Å². The molecule has 290 valence electrons. The summed E-state index contributed by atoms with van der Waals surface area (Å²) in [6.45, 7) is 0. The minimum Gasteiger partial charge on any atom is -0.348 e. The molecule has 0 aliphatic heterocycles. The highest BCUT2D eigenvalue weighted by Crippen LogP contribution is 2.56. The third kappa shape index (κ3) is 7.03. The van der Waals surface area contributed by atoms with Crippen molar-refractivity contribution in [1.82, 2.24) is 5.32 Å². The number of rotatable bonds is 11. The van der Waals surface area contributed by atoms with Gasteiger partial charge in [-0.15, -0.1) is 0 Å². The van der Waals surface area contributed by atoms with Crippen LogP contribution in [0.4, 0.5) is 0 Å². The second kappa shape index (κ2) is 16.8. The van der Waals surface area contributed by atoms with Gasteiger partial charge in [0.15, 0.2) is 5.78 Å². The molecule has 8 aromatic rings. The van der Waals surface area contributed by atoms with Crippen LogP contribution in [0.25, 0.3) is 0 Å². The topological polar surface area (TPSA) is 46.2 Å². The lowest BCUT2D eigenvalue weighted by molar-refractivity contribution is 0.0855. The van der Waals surface area contributed by atoms with Crippen molar-refractivity contribution in [3.63, 3.8) is 0 Å². The Morgan fingerprint density at radius 3 is 1.15 bits per heavy atom. The highest BCUT2D eigenvalue weighted by atomic mass is 31.1. The quantitative estimate of drug-likeness (QED) is 0.105. The van der Waals surface area contributed by atoms with Gasteiger partial charge in [0, 0.05) is 35.4 Å². The molecule has 0 fully saturated rings. The maximum Gasteiger partial charge on any atom is 0.252 e. The van der Waals surface area contributed by atoms with Crippen LogP contribution in [0.2, 0.25) is 0 Å². The van der Waals surface area contributed by atoms with Crippen LogP contribution in [0, 0.1) is 5.92 Å². The second-order valence-electron chi connectivity index (χ2n) is 15.6. The molecule has 0 saturated carbocycles. The molecule has 3 aliphatic carbocycles. The monoisotopic (exact) mass is 811 g/mol. The molecule has 0 radical (unpaired) electrons. The van der Waals surface area contributed by atoms with Crippen LogP contribution in [-0.2, 0) is 0 Å². The summed E-state index contributed by atoms with van der Waals surface area (Å²) in [5, 5.41) is 10.5. The Bertz CT molecular complexity index is 2480. The lowest BCUT2D eigenvalue weighted by Gasteiger charge is -2.51. The lowest BCUT2D eigenvalue weighted by atomic mass is 9.55. The summed E-state index contributed by atoms with van der Waals surface area (Å²) in [5.74, 6) is -0.349. The highest BCUT2D eigenvalue weighted by molar-refractivity contribution is 7.80. The van der Waals surface area contributed by atoms with Gasteiger partial charge in [0.1, 0.15) is 0 Å². The fraction of sp³-hybridized carbons (Fsp3) is 0.0909. The lowest BCUT2D eigenvalue weighted by Crippen LogP contribution is -2.53. The van der Waals surface area contributed by atoms with Crippen LogP contribution in [0.15, 0.2) is 218 Å². The van der Waals surface area contributed by atoms with Crippen LogP contribution in [0.1, 0.15) is 61.2 Å². The molecule has 8 aromatic carbocycles. The number of carbonyl (C=O) groups excluding carboxylic acids is 2. The van der Waals surface area contributed by atoms with Gasteiger partial charge in [0.05, 0.1) is 0 Å². The first-order valence-corrected chi connectivity index (χ1v) is 23.3. The van der Waals surface area contributed by atoms with Crippen LogP contribution >= 0.6 is 15.8 Å². The number of benzene rings is 8. The molecule has 1 N–H and O–H groups in total. The maximum absolute atomic E-state index is 15.3. The molecule has 2 bridgehead atoms. The molecule has 3 nitrogen and oxygen atoms in total. The molecular weight excluding hydrogens is 769 g/mol. The summed E-state index contributed by atoms with van der Waals surface area (Å²) in [6, 6.07) is 75.6. The molecule has 0 heterocycles. The van der Waals surface area contributed by atoms with E-state index in [1.165, 1.54) is 43.5 Å². The number of amides is 1. The Morgan fingerprint density at radius 1 is 0.383 bits per heavy atom. The molecule has 5 heteroatoms. The van der Waals surface area contributed by atoms with E-state index in [1.54, 1.807) is 0 Å². The van der Waals surface area contributed by atoms with E-state index in [1.807, 2.05) is 54.6 Å². The van der Waals surface area contributed by atoms with Crippen LogP contribution < -0.4 is 37.1 Å². The van der Waals surface area contributed by atoms with E-state index in [2.05, 4.69) is 169 Å². The van der Waals surface area contributed by atoms with Gasteiger partial charge in [-0.05, 0) is 81.9 Å². The first-order valence-electron chi connectivity index (χ1n) is 20.7. The van der Waals surface area contributed by atoms with Gasteiger partial charge in [0.2, 0.25) is 0 Å². The van der Waals surface area contributed by atoms with Crippen molar-refractivity contribution in [2.24, 2.45) is 5.92 Å². The number of hydrogen-bond acceptors (Lipinski definition) is 2. The molecule has 0 spiro atoms. The van der Waals surface area contributed by atoms with Crippen molar-refractivity contribution >= 4 is 59.4 Å². The Morgan fingerprint density at radius 2 is 0.717 bits per heavy atom. The zero-order valence-electron chi connectivity index (χ0n) is 33.0. The van der Waals surface area contributed by atoms with Gasteiger partial charge in [-0.1, -0.05) is 212 Å². The summed E-state index contributed by atoms with van der Waals surface area (Å²) in [5.41, 5.74) is 6.40. The van der Waals surface area contributed by atoms with Crippen LogP contribution in [-0.4, -0.2) is 17.7 Å². The van der Waals surface area contributed by atoms with Crippen molar-refractivity contribution in [3.8, 4) is 0 Å². The zero-order chi connectivity index (χ0) is 40.4. The van der Waals surface area contributed by atoms with Crippen molar-refractivity contribution in [1.29, 1.82) is 0 Å². The highest BCUT2D eigenvalue weighted by Gasteiger charge is 2.51. The van der Waals surface area contributed by atoms with Crippen LogP contribution in [0.3, 0.4) is 0 Å². The van der Waals surface area contributed by atoms with Gasteiger partial charge in [-0.3, -0.25) is 9.59 Å². The van der Waals surface area contributed by atoms with E-state index in [0.29, 0.717) is 12.0 Å². The summed E-state index contributed by atoms with van der Waals surface area (Å²) in [6.07, 6.45) is 0.293. The fourth-order valence-electron chi connectivity index (χ4n) is 9.71. The number of ketones is 1. The summed E-state index contributed by atoms with van der Waals surface area (Å²) < 4.78 is 0. The molecule has 0 saturated heterocycles. The van der Waals surface area contributed by atoms with Crippen LogP contribution in [0.5, 0.6) is 0 Å². The number of fused-ring (bicyclic) bond motifs is 1. The van der Waals surface area contributed by atoms with E-state index in [9.17, 15) is 0 Å². The average molecular weight is 812 g/mol. The molecule has 1 amide bonds. The number of hydrogen-bond donors (Lipinski definition) is 1. The zero-order valence-corrected chi connectivity index (χ0v) is 34.8. The second-order valence-corrected chi connectivity index (χ2v) is 19.9. The first kappa shape index (κ1) is 38.0. The van der Waals surface area contributed by atoms with Gasteiger partial charge in [-0.2, -0.15) is 0 Å². The Balaban J connectivity index is 1.07. The third-order valence-electron chi connectivity index (χ3n) is 12.2. The van der Waals surface area contributed by atoms with E-state index < -0.39 is 15.8 Å². The standard InChI is InChI=1S/C55H43NO2P2/c57-49(46-33-17-19-35-50(46)59(38-21-5-1-6-22-38)39-23-7-2-8-24-39)37-48-52-42-29-13-15-31-44(42)53(45-32-16-14-30-43(45)52)54(48)56-55(58)47-34-18-20-36-51(47)60(40-25-9-3-10-26-40)41-27-11-4-12-28-41/h1-36,48,52-54H,37H2,(H,56,58)/t48-,52?,53?,54+/m1/s1. The smallest absolute Gasteiger partial charge is 0.252 e. The van der Waals surface area contributed by atoms with Crippen molar-refractivity contribution < 1.29 is 9.59 Å². The number of carbonyl (C=O) groups is 2. The SMILES string of the molecule is O=C(C[C@@H]1C2c3ccccc3C(c3ccccc32)[C@H]1NC(=O)c1ccccc1P(c1ccccc1)c1ccccc1)c1ccccc1P(c1ccccc1)c1ccccc1. The maximum atomic E-state index is 15.3. The Hall–Kier alpha value is -6.24. The minimum atomic E-state index is -1.03. The van der Waals surface area contributed by atoms with Gasteiger partial charge >= 0.3 is 0 Å². The molecule has 11 rings (SSSR count). The summed E-state index contributed by atoms with van der Waals surface area (Å²) in [7, 11) is -2.04. The van der Waals surface area contributed by atoms with Crippen molar-refractivity contribution in [3.05, 3.63) is 252 Å².